The number of amides is 7. The first-order valence-electron chi connectivity index (χ1n) is 29.4. The van der Waals surface area contributed by atoms with Crippen LogP contribution in [0, 0.1) is 33.7 Å². The second kappa shape index (κ2) is 26.3. The summed E-state index contributed by atoms with van der Waals surface area (Å²) in [5.41, 5.74) is 10.0. The summed E-state index contributed by atoms with van der Waals surface area (Å²) in [6.07, 6.45) is 22.4. The number of halogens is 3. The van der Waals surface area contributed by atoms with E-state index in [0.29, 0.717) is 24.4 Å². The topological polar surface area (TPSA) is 214 Å². The highest BCUT2D eigenvalue weighted by atomic mass is 33.3. The number of nitrogens with one attached hydrogen (secondary N) is 6. The van der Waals surface area contributed by atoms with Crippen LogP contribution in [-0.2, 0) is 74.3 Å². The number of fused-ring (bicyclic) bond motifs is 9. The van der Waals surface area contributed by atoms with Gasteiger partial charge < -0.3 is 31.7 Å². The maximum atomic E-state index is 13.3. The molecule has 470 valence electrons. The lowest BCUT2D eigenvalue weighted by Gasteiger charge is -2.52. The van der Waals surface area contributed by atoms with E-state index < -0.39 is 22.5 Å². The minimum Gasteiger partial charge on any atom is -0.397 e. The summed E-state index contributed by atoms with van der Waals surface area (Å²) in [5.74, 6) is -1.05. The Bertz CT molecular complexity index is 3980. The molecule has 3 aliphatic heterocycles. The molecule has 3 saturated heterocycles. The van der Waals surface area contributed by atoms with E-state index in [1.165, 1.54) is 69.0 Å². The van der Waals surface area contributed by atoms with Crippen molar-refractivity contribution < 1.29 is 37.5 Å². The molecule has 3 aromatic heterocycles. The molecule has 3 aromatic carbocycles. The Morgan fingerprint density at radius 2 is 0.989 bits per heavy atom. The summed E-state index contributed by atoms with van der Waals surface area (Å²) in [6, 6.07) is 18.3. The summed E-state index contributed by atoms with van der Waals surface area (Å²) in [5, 5.41) is 38.6. The second-order valence-corrected chi connectivity index (χ2v) is 34.3. The van der Waals surface area contributed by atoms with Crippen LogP contribution < -0.4 is 31.9 Å². The molecule has 15 rings (SSSR count). The first-order chi connectivity index (χ1) is 43.2. The van der Waals surface area contributed by atoms with Crippen molar-refractivity contribution in [1.29, 1.82) is 0 Å². The minimum absolute atomic E-state index is 0.0692. The lowest BCUT2D eigenvalue weighted by atomic mass is 9.55. The fourth-order valence-corrected chi connectivity index (χ4v) is 25.0. The van der Waals surface area contributed by atoms with Crippen molar-refractivity contribution in [3.8, 4) is 17.1 Å². The van der Waals surface area contributed by atoms with E-state index in [1.54, 1.807) is 72.6 Å². The Hall–Kier alpha value is -6.47. The Labute approximate surface area is 545 Å². The predicted octanol–water partition coefficient (Wildman–Crippen LogP) is 11.1. The molecule has 28 heteroatoms. The van der Waals surface area contributed by atoms with Crippen LogP contribution in [0.25, 0.3) is 35.3 Å². The van der Waals surface area contributed by atoms with Gasteiger partial charge in [0.25, 0.3) is 5.91 Å². The van der Waals surface area contributed by atoms with Gasteiger partial charge in [-0.05, 0) is 242 Å². The number of aliphatic hydroxyl groups excluding tert-OH is 1. The number of urea groups is 3. The molecule has 7 N–H and O–H groups in total. The molecular formula is C62H65F3N12O5P2S6. The quantitative estimate of drug-likeness (QED) is 0.0501. The van der Waals surface area contributed by atoms with E-state index in [-0.39, 0.29) is 58.4 Å². The molecule has 3 saturated carbocycles. The third-order valence-corrected chi connectivity index (χ3v) is 29.9. The lowest BCUT2D eigenvalue weighted by molar-refractivity contribution is -0.128. The zero-order chi connectivity index (χ0) is 63.8. The van der Waals surface area contributed by atoms with Crippen molar-refractivity contribution in [1.82, 2.24) is 61.2 Å². The van der Waals surface area contributed by atoms with Gasteiger partial charge in [-0.2, -0.15) is 15.3 Å². The molecule has 0 unspecified atom stereocenters. The van der Waals surface area contributed by atoms with Crippen LogP contribution in [0.2, 0.25) is 0 Å². The van der Waals surface area contributed by atoms with Gasteiger partial charge in [0.2, 0.25) is 0 Å². The Kier molecular flexibility index (Phi) is 19.0. The Morgan fingerprint density at radius 3 is 1.38 bits per heavy atom. The predicted molar refractivity (Wildman–Crippen MR) is 361 cm³/mol. The average Bonchev–Trinajstić information content (AvgIpc) is 1.43. The number of hydrogen-bond acceptors (Lipinski definition) is 11. The highest BCUT2D eigenvalue weighted by molar-refractivity contribution is 8.63. The molecule has 0 radical (unpaired) electrons. The molecule has 6 heterocycles. The van der Waals surface area contributed by atoms with Crippen LogP contribution in [0.1, 0.15) is 119 Å². The molecule has 17 nitrogen and oxygen atoms in total. The fourth-order valence-electron chi connectivity index (χ4n) is 14.9. The number of hydrogen-bond donors (Lipinski definition) is 7. The van der Waals surface area contributed by atoms with Crippen LogP contribution in [-0.4, -0.2) is 93.2 Å². The SMILES string of the molecule is CCO.C[C@]12Cc3cnn(-c4ccc(F)cc4)c3C=C1CCC[C@@]21CNC(=O)N1.C[C@]12Cc3cnn(-c4ccc(F)cc4)c3C=C1CCC[C@]21NC(=O)NC1=O.C[C@]12Cc3cnn(-c4ccc(F)cc4)c3C=C1CCC[C@]21NC(=O)NC1=S.S=PP=S=S=S=S. The van der Waals surface area contributed by atoms with Crippen LogP contribution in [0.3, 0.4) is 0 Å². The van der Waals surface area contributed by atoms with Gasteiger partial charge in [-0.3, -0.25) is 10.1 Å². The smallest absolute Gasteiger partial charge is 0.322 e. The highest BCUT2D eigenvalue weighted by Crippen LogP contribution is 2.57. The van der Waals surface area contributed by atoms with Gasteiger partial charge in [-0.15, -0.1) is 0 Å². The highest BCUT2D eigenvalue weighted by Gasteiger charge is 2.63. The van der Waals surface area contributed by atoms with Crippen molar-refractivity contribution in [2.75, 3.05) is 13.2 Å². The molecule has 7 amide bonds. The molecule has 3 spiro atoms. The number of thiocarbonyl (C=S) groups is 1. The molecule has 6 atom stereocenters. The summed E-state index contributed by atoms with van der Waals surface area (Å²) < 4.78 is 45.3. The number of rotatable bonds is 4. The zero-order valence-corrected chi connectivity index (χ0v) is 56.2. The van der Waals surface area contributed by atoms with E-state index in [2.05, 4.69) is 109 Å². The van der Waals surface area contributed by atoms with Crippen LogP contribution >= 0.6 is 26.3 Å². The molecule has 9 aliphatic rings. The summed E-state index contributed by atoms with van der Waals surface area (Å²) in [7, 11) is 6.83. The van der Waals surface area contributed by atoms with Crippen LogP contribution in [0.5, 0.6) is 0 Å². The summed E-state index contributed by atoms with van der Waals surface area (Å²) in [4.78, 5) is 49.1. The zero-order valence-electron chi connectivity index (χ0n) is 49.5. The largest absolute Gasteiger partial charge is 0.397 e. The number of nitrogens with zero attached hydrogens (tertiary/aromatic N) is 6. The third-order valence-electron chi connectivity index (χ3n) is 19.5. The van der Waals surface area contributed by atoms with Crippen molar-refractivity contribution in [3.05, 3.63) is 159 Å². The van der Waals surface area contributed by atoms with E-state index in [9.17, 15) is 32.3 Å². The van der Waals surface area contributed by atoms with Crippen molar-refractivity contribution >= 4 is 124 Å². The van der Waals surface area contributed by atoms with Gasteiger partial charge in [0, 0.05) is 43.5 Å². The number of aliphatic hydroxyl groups is 1. The molecular weight excluding hydrogens is 1300 g/mol. The van der Waals surface area contributed by atoms with Crippen LogP contribution in [0.15, 0.2) is 108 Å². The van der Waals surface area contributed by atoms with Crippen molar-refractivity contribution in [2.24, 2.45) is 16.2 Å². The van der Waals surface area contributed by atoms with Gasteiger partial charge in [0.05, 0.1) is 58.3 Å². The summed E-state index contributed by atoms with van der Waals surface area (Å²) in [6.45, 7) is 9.11. The molecule has 6 aliphatic carbocycles. The molecule has 90 heavy (non-hydrogen) atoms. The third kappa shape index (κ3) is 11.7. The number of carbonyl (C=O) groups excluding carboxylic acids is 4. The van der Waals surface area contributed by atoms with Gasteiger partial charge in [-0.1, -0.05) is 49.7 Å². The monoisotopic (exact) mass is 1370 g/mol. The van der Waals surface area contributed by atoms with Crippen molar-refractivity contribution in [2.45, 2.75) is 121 Å². The van der Waals surface area contributed by atoms with E-state index in [1.807, 2.05) is 21.8 Å². The standard InChI is InChI=1S/C20H19FN4O2.C20H19FN4OS.C20H21FN4O.C2H6O.P2S5/c1-19-10-12-11-22-25(15-6-4-14(21)5-7-15)16(12)9-13(19)3-2-8-20(19)17(26)23-18(27)24-20;1-19-10-12-11-22-25(15-6-4-14(21)5-7-15)16(12)9-13(19)3-2-8-20(19)17(27)23-18(26)24-20;1-19-10-13-11-23-25(16-6-4-15(21)5-7-16)17(13)9-14(19)3-2-8-20(19)12-22-18(26)24-20;1-2-3;3-1-2-5-7-6-4/h2*4-7,9,11H,2-3,8,10H2,1H3,(H2,23,24,26,27);4-7,9,11H,2-3,8,10,12H2,1H3,(H2,22,24,26);3H,2H2,1H3;/t3*19-,20+;;/m000../s1. The average molecular weight is 1370 g/mol. The fraction of sp³-hybridized carbons (Fsp3) is 0.387. The van der Waals surface area contributed by atoms with Crippen LogP contribution in [0.4, 0.5) is 27.6 Å². The maximum Gasteiger partial charge on any atom is 0.322 e. The second-order valence-electron chi connectivity index (χ2n) is 24.1. The Balaban J connectivity index is 0.000000129. The van der Waals surface area contributed by atoms with E-state index >= 15 is 0 Å². The normalized spacial score (nSPS) is 26.8. The van der Waals surface area contributed by atoms with Gasteiger partial charge in [-0.25, -0.2) is 41.6 Å². The van der Waals surface area contributed by atoms with Crippen molar-refractivity contribution in [3.63, 3.8) is 0 Å². The number of carbonyl (C=O) groups is 4. The number of aromatic nitrogens is 6. The first kappa shape index (κ1) is 65.0. The Morgan fingerprint density at radius 1 is 0.589 bits per heavy atom. The number of benzene rings is 3. The van der Waals surface area contributed by atoms with E-state index in [0.717, 1.165) is 122 Å². The van der Waals surface area contributed by atoms with Gasteiger partial charge in [0.15, 0.2) is 0 Å². The number of imide groups is 1. The minimum atomic E-state index is -0.913. The lowest BCUT2D eigenvalue weighted by Crippen LogP contribution is -2.62. The van der Waals surface area contributed by atoms with Gasteiger partial charge in [0.1, 0.15) is 33.5 Å². The maximum absolute atomic E-state index is 13.3. The molecule has 0 bridgehead atoms. The van der Waals surface area contributed by atoms with E-state index in [4.69, 9.17) is 17.3 Å². The molecule has 6 aromatic rings. The molecule has 6 fully saturated rings. The summed E-state index contributed by atoms with van der Waals surface area (Å²) >= 11 is 14.8. The first-order valence-corrected chi connectivity index (χ1v) is 38.3. The van der Waals surface area contributed by atoms with Gasteiger partial charge >= 0.3 is 18.1 Å².